The number of hydrogen-bond donors (Lipinski definition) is 2. The monoisotopic (exact) mass is 187 g/mol. The lowest BCUT2D eigenvalue weighted by molar-refractivity contribution is -0.143. The second-order valence-corrected chi connectivity index (χ2v) is 4.13. The summed E-state index contributed by atoms with van der Waals surface area (Å²) in [5.41, 5.74) is -0.321. The largest absolute Gasteiger partial charge is 0.481 e. The summed E-state index contributed by atoms with van der Waals surface area (Å²) in [5, 5.41) is 11.1. The molecule has 1 amide bonds. The van der Waals surface area contributed by atoms with Crippen LogP contribution in [-0.4, -0.2) is 24.0 Å². The number of aliphatic carboxylic acids is 1. The van der Waals surface area contributed by atoms with E-state index < -0.39 is 11.9 Å². The molecular formula is C9H17NO3. The molecule has 0 aromatic rings. The second-order valence-electron chi connectivity index (χ2n) is 4.13. The molecule has 4 nitrogen and oxygen atoms in total. The maximum Gasteiger partial charge on any atom is 0.304 e. The van der Waals surface area contributed by atoms with Crippen molar-refractivity contribution in [2.75, 3.05) is 7.05 Å². The van der Waals surface area contributed by atoms with Gasteiger partial charge in [0.15, 0.2) is 0 Å². The van der Waals surface area contributed by atoms with E-state index >= 15 is 0 Å². The fourth-order valence-corrected chi connectivity index (χ4v) is 1.14. The second kappa shape index (κ2) is 4.25. The van der Waals surface area contributed by atoms with Crippen LogP contribution in [0.4, 0.5) is 0 Å². The molecule has 0 spiro atoms. The molecule has 0 aromatic carbocycles. The maximum atomic E-state index is 11.3. The van der Waals surface area contributed by atoms with E-state index in [-0.39, 0.29) is 17.7 Å². The van der Waals surface area contributed by atoms with Gasteiger partial charge in [-0.3, -0.25) is 9.59 Å². The Morgan fingerprint density at radius 3 is 2.08 bits per heavy atom. The van der Waals surface area contributed by atoms with E-state index in [0.29, 0.717) is 0 Å². The van der Waals surface area contributed by atoms with Crippen molar-refractivity contribution >= 4 is 11.9 Å². The SMILES string of the molecule is CNC(=O)C(CC(=O)O)C(C)(C)C. The number of amides is 1. The Bertz CT molecular complexity index is 205. The van der Waals surface area contributed by atoms with Crippen LogP contribution < -0.4 is 5.32 Å². The third-order valence-corrected chi connectivity index (χ3v) is 1.99. The van der Waals surface area contributed by atoms with Gasteiger partial charge in [-0.2, -0.15) is 0 Å². The van der Waals surface area contributed by atoms with Crippen LogP contribution in [0.3, 0.4) is 0 Å². The maximum absolute atomic E-state index is 11.3. The number of carbonyl (C=O) groups excluding carboxylic acids is 1. The van der Waals surface area contributed by atoms with Crippen molar-refractivity contribution in [3.63, 3.8) is 0 Å². The summed E-state index contributed by atoms with van der Waals surface area (Å²) < 4.78 is 0. The van der Waals surface area contributed by atoms with Gasteiger partial charge in [-0.25, -0.2) is 0 Å². The van der Waals surface area contributed by atoms with Crippen LogP contribution in [0.1, 0.15) is 27.2 Å². The van der Waals surface area contributed by atoms with E-state index in [4.69, 9.17) is 5.11 Å². The standard InChI is InChI=1S/C9H17NO3/c1-9(2,3)6(5-7(11)12)8(13)10-4/h6H,5H2,1-4H3,(H,10,13)(H,11,12). The Morgan fingerprint density at radius 2 is 1.85 bits per heavy atom. The zero-order chi connectivity index (χ0) is 10.6. The minimum atomic E-state index is -0.941. The van der Waals surface area contributed by atoms with Crippen LogP contribution in [0.15, 0.2) is 0 Å². The van der Waals surface area contributed by atoms with Gasteiger partial charge in [-0.05, 0) is 5.41 Å². The summed E-state index contributed by atoms with van der Waals surface area (Å²) in [5.74, 6) is -1.63. The Hall–Kier alpha value is -1.06. The molecule has 1 unspecified atom stereocenters. The van der Waals surface area contributed by atoms with Crippen molar-refractivity contribution in [3.8, 4) is 0 Å². The number of carboxylic acid groups (broad SMARTS) is 1. The predicted octanol–water partition coefficient (Wildman–Crippen LogP) is 0.869. The third-order valence-electron chi connectivity index (χ3n) is 1.99. The van der Waals surface area contributed by atoms with Crippen molar-refractivity contribution in [3.05, 3.63) is 0 Å². The molecule has 0 saturated heterocycles. The number of hydrogen-bond acceptors (Lipinski definition) is 2. The van der Waals surface area contributed by atoms with Gasteiger partial charge in [0, 0.05) is 7.05 Å². The molecule has 13 heavy (non-hydrogen) atoms. The topological polar surface area (TPSA) is 66.4 Å². The highest BCUT2D eigenvalue weighted by Gasteiger charge is 2.32. The average Bonchev–Trinajstić information content (AvgIpc) is 1.96. The molecule has 0 aliphatic carbocycles. The van der Waals surface area contributed by atoms with Crippen molar-refractivity contribution in [1.29, 1.82) is 0 Å². The van der Waals surface area contributed by atoms with Crippen LogP contribution in [0.2, 0.25) is 0 Å². The lowest BCUT2D eigenvalue weighted by Crippen LogP contribution is -2.37. The first-order valence-corrected chi connectivity index (χ1v) is 4.22. The van der Waals surface area contributed by atoms with Gasteiger partial charge in [0.05, 0.1) is 12.3 Å². The molecule has 0 aliphatic heterocycles. The smallest absolute Gasteiger partial charge is 0.304 e. The quantitative estimate of drug-likeness (QED) is 0.689. The van der Waals surface area contributed by atoms with Gasteiger partial charge < -0.3 is 10.4 Å². The van der Waals surface area contributed by atoms with Crippen LogP contribution in [0.25, 0.3) is 0 Å². The molecule has 4 heteroatoms. The number of nitrogens with one attached hydrogen (secondary N) is 1. The molecule has 0 bridgehead atoms. The molecule has 1 atom stereocenters. The molecule has 0 saturated carbocycles. The zero-order valence-electron chi connectivity index (χ0n) is 8.55. The summed E-state index contributed by atoms with van der Waals surface area (Å²) in [6.07, 6.45) is -0.122. The average molecular weight is 187 g/mol. The molecule has 0 fully saturated rings. The van der Waals surface area contributed by atoms with E-state index in [1.54, 1.807) is 0 Å². The molecular weight excluding hydrogens is 170 g/mol. The van der Waals surface area contributed by atoms with E-state index in [1.165, 1.54) is 7.05 Å². The molecule has 0 aliphatic rings. The molecule has 0 rings (SSSR count). The van der Waals surface area contributed by atoms with Gasteiger partial charge in [-0.1, -0.05) is 20.8 Å². The first kappa shape index (κ1) is 11.9. The highest BCUT2D eigenvalue weighted by molar-refractivity contribution is 5.83. The lowest BCUT2D eigenvalue weighted by atomic mass is 9.78. The third kappa shape index (κ3) is 3.92. The summed E-state index contributed by atoms with van der Waals surface area (Å²) in [6, 6.07) is 0. The van der Waals surface area contributed by atoms with Crippen LogP contribution in [0, 0.1) is 11.3 Å². The lowest BCUT2D eigenvalue weighted by Gasteiger charge is -2.27. The molecule has 0 radical (unpaired) electrons. The van der Waals surface area contributed by atoms with Gasteiger partial charge in [0.25, 0.3) is 0 Å². The number of carbonyl (C=O) groups is 2. The van der Waals surface area contributed by atoms with Crippen molar-refractivity contribution in [2.45, 2.75) is 27.2 Å². The summed E-state index contributed by atoms with van der Waals surface area (Å²) in [4.78, 5) is 21.8. The summed E-state index contributed by atoms with van der Waals surface area (Å²) >= 11 is 0. The van der Waals surface area contributed by atoms with Crippen molar-refractivity contribution in [2.24, 2.45) is 11.3 Å². The molecule has 0 aromatic heterocycles. The van der Waals surface area contributed by atoms with Gasteiger partial charge in [0.1, 0.15) is 0 Å². The van der Waals surface area contributed by atoms with Crippen LogP contribution in [-0.2, 0) is 9.59 Å². The fourth-order valence-electron chi connectivity index (χ4n) is 1.14. The highest BCUT2D eigenvalue weighted by Crippen LogP contribution is 2.28. The van der Waals surface area contributed by atoms with Crippen molar-refractivity contribution in [1.82, 2.24) is 5.32 Å². The summed E-state index contributed by atoms with van der Waals surface area (Å²) in [7, 11) is 1.52. The van der Waals surface area contributed by atoms with E-state index in [2.05, 4.69) is 5.32 Å². The highest BCUT2D eigenvalue weighted by atomic mass is 16.4. The number of carboxylic acids is 1. The van der Waals surface area contributed by atoms with Crippen molar-refractivity contribution < 1.29 is 14.7 Å². The number of rotatable bonds is 3. The Labute approximate surface area is 78.3 Å². The minimum Gasteiger partial charge on any atom is -0.481 e. The van der Waals surface area contributed by atoms with Crippen LogP contribution in [0.5, 0.6) is 0 Å². The Balaban J connectivity index is 4.56. The molecule has 76 valence electrons. The first-order valence-electron chi connectivity index (χ1n) is 4.22. The molecule has 0 heterocycles. The minimum absolute atomic E-state index is 0.122. The van der Waals surface area contributed by atoms with E-state index in [9.17, 15) is 9.59 Å². The fraction of sp³-hybridized carbons (Fsp3) is 0.778. The Kier molecular flexibility index (Phi) is 3.91. The van der Waals surface area contributed by atoms with Crippen LogP contribution >= 0.6 is 0 Å². The van der Waals surface area contributed by atoms with Gasteiger partial charge >= 0.3 is 5.97 Å². The van der Waals surface area contributed by atoms with E-state index in [1.807, 2.05) is 20.8 Å². The predicted molar refractivity (Wildman–Crippen MR) is 49.3 cm³/mol. The Morgan fingerprint density at radius 1 is 1.38 bits per heavy atom. The van der Waals surface area contributed by atoms with Gasteiger partial charge in [-0.15, -0.1) is 0 Å². The zero-order valence-corrected chi connectivity index (χ0v) is 8.55. The first-order chi connectivity index (χ1) is 5.79. The normalized spacial score (nSPS) is 13.5. The van der Waals surface area contributed by atoms with Gasteiger partial charge in [0.2, 0.25) is 5.91 Å². The molecule has 2 N–H and O–H groups in total. The van der Waals surface area contributed by atoms with E-state index in [0.717, 1.165) is 0 Å². The summed E-state index contributed by atoms with van der Waals surface area (Å²) in [6.45, 7) is 5.57.